The Balaban J connectivity index is 1.31. The van der Waals surface area contributed by atoms with Gasteiger partial charge in [-0.25, -0.2) is 4.79 Å². The van der Waals surface area contributed by atoms with Crippen molar-refractivity contribution in [3.63, 3.8) is 0 Å². The normalized spacial score (nSPS) is 28.7. The molecule has 4 rings (SSSR count). The number of nitrogens with zero attached hydrogens (tertiary/aromatic N) is 2. The molecule has 0 unspecified atom stereocenters. The van der Waals surface area contributed by atoms with Crippen molar-refractivity contribution in [2.75, 3.05) is 32.9 Å². The third kappa shape index (κ3) is 4.89. The fraction of sp³-hybridized carbons (Fsp3) is 0.783. The maximum Gasteiger partial charge on any atom is 0.344 e. The number of esters is 1. The molecule has 0 radical (unpaired) electrons. The van der Waals surface area contributed by atoms with Crippen molar-refractivity contribution in [3.8, 4) is 0 Å². The summed E-state index contributed by atoms with van der Waals surface area (Å²) in [5.41, 5.74) is 0.363. The molecule has 11 nitrogen and oxygen atoms in total. The molecule has 5 amide bonds. The Bertz CT molecular complexity index is 840. The number of nitrogens with one attached hydrogen (secondary N) is 2. The van der Waals surface area contributed by atoms with E-state index >= 15 is 0 Å². The molecule has 0 bridgehead atoms. The predicted octanol–water partition coefficient (Wildman–Crippen LogP) is 0.871. The summed E-state index contributed by atoms with van der Waals surface area (Å²) in [5, 5.41) is 3.42. The van der Waals surface area contributed by atoms with Gasteiger partial charge in [0.25, 0.3) is 11.8 Å². The Morgan fingerprint density at radius 2 is 1.74 bits per heavy atom. The molecule has 2 saturated carbocycles. The van der Waals surface area contributed by atoms with Crippen LogP contribution in [0.4, 0.5) is 4.79 Å². The van der Waals surface area contributed by atoms with Gasteiger partial charge >= 0.3 is 12.0 Å². The van der Waals surface area contributed by atoms with Crippen LogP contribution in [0.5, 0.6) is 0 Å². The molecular weight excluding hydrogens is 444 g/mol. The zero-order chi connectivity index (χ0) is 24.3. The smallest absolute Gasteiger partial charge is 0.344 e. The first kappa shape index (κ1) is 24.4. The number of ether oxygens (including phenoxy) is 2. The number of morpholine rings is 1. The molecule has 2 aliphatic heterocycles. The van der Waals surface area contributed by atoms with E-state index in [9.17, 15) is 24.0 Å². The third-order valence-electron chi connectivity index (χ3n) is 7.71. The predicted molar refractivity (Wildman–Crippen MR) is 118 cm³/mol. The number of carbonyl (C=O) groups is 5. The molecule has 188 valence electrons. The van der Waals surface area contributed by atoms with E-state index in [-0.39, 0.29) is 12.3 Å². The standard InChI is InChI=1S/C23H34N4O7/c1-16-4-8-23(9-5-16)19(30)27(21(32)24-23)25-17(28)15-34-20(31)22(6-2-3-7-22)14-18(29)26-10-12-33-13-11-26/h16H,2-15H2,1H3,(H,24,32)(H,25,28). The number of rotatable bonds is 6. The van der Waals surface area contributed by atoms with Gasteiger partial charge in [-0.2, -0.15) is 5.01 Å². The summed E-state index contributed by atoms with van der Waals surface area (Å²) in [5.74, 6) is -1.47. The van der Waals surface area contributed by atoms with Crippen LogP contribution in [0.3, 0.4) is 0 Å². The number of imide groups is 1. The van der Waals surface area contributed by atoms with E-state index in [1.54, 1.807) is 4.90 Å². The molecule has 11 heteroatoms. The maximum atomic E-state index is 13.0. The van der Waals surface area contributed by atoms with Crippen molar-refractivity contribution >= 4 is 29.7 Å². The highest BCUT2D eigenvalue weighted by atomic mass is 16.5. The summed E-state index contributed by atoms with van der Waals surface area (Å²) >= 11 is 0. The van der Waals surface area contributed by atoms with Gasteiger partial charge in [0.05, 0.1) is 18.6 Å². The van der Waals surface area contributed by atoms with Gasteiger partial charge in [-0.1, -0.05) is 19.8 Å². The van der Waals surface area contributed by atoms with Crippen molar-refractivity contribution in [2.45, 2.75) is 70.3 Å². The van der Waals surface area contributed by atoms with Gasteiger partial charge in [0.15, 0.2) is 6.61 Å². The van der Waals surface area contributed by atoms with Gasteiger partial charge in [0.2, 0.25) is 5.91 Å². The van der Waals surface area contributed by atoms with E-state index in [1.807, 2.05) is 0 Å². The summed E-state index contributed by atoms with van der Waals surface area (Å²) in [6.07, 6.45) is 5.39. The SMILES string of the molecule is CC1CCC2(CC1)NC(=O)N(NC(=O)COC(=O)C1(CC(=O)N3CCOCC3)CCCC1)C2=O. The molecule has 0 atom stereocenters. The lowest BCUT2D eigenvalue weighted by atomic mass is 9.77. The van der Waals surface area contributed by atoms with E-state index in [1.165, 1.54) is 0 Å². The van der Waals surface area contributed by atoms with Gasteiger partial charge < -0.3 is 19.7 Å². The van der Waals surface area contributed by atoms with Crippen LogP contribution >= 0.6 is 0 Å². The molecule has 2 N–H and O–H groups in total. The lowest BCUT2D eigenvalue weighted by molar-refractivity contribution is -0.163. The third-order valence-corrected chi connectivity index (χ3v) is 7.71. The highest BCUT2D eigenvalue weighted by Crippen LogP contribution is 2.43. The minimum Gasteiger partial charge on any atom is -0.455 e. The van der Waals surface area contributed by atoms with Crippen molar-refractivity contribution in [1.82, 2.24) is 20.7 Å². The summed E-state index contributed by atoms with van der Waals surface area (Å²) < 4.78 is 10.6. The molecular formula is C23H34N4O7. The molecule has 0 aromatic heterocycles. The fourth-order valence-corrected chi connectivity index (χ4v) is 5.48. The Morgan fingerprint density at radius 1 is 1.09 bits per heavy atom. The number of carbonyl (C=O) groups excluding carboxylic acids is 5. The van der Waals surface area contributed by atoms with Crippen LogP contribution in [0.2, 0.25) is 0 Å². The fourth-order valence-electron chi connectivity index (χ4n) is 5.48. The van der Waals surface area contributed by atoms with Crippen LogP contribution in [-0.4, -0.2) is 78.1 Å². The van der Waals surface area contributed by atoms with E-state index < -0.39 is 41.4 Å². The van der Waals surface area contributed by atoms with Crippen LogP contribution in [0, 0.1) is 11.3 Å². The second kappa shape index (κ2) is 9.89. The molecule has 4 fully saturated rings. The minimum absolute atomic E-state index is 0.0431. The van der Waals surface area contributed by atoms with Gasteiger partial charge in [0.1, 0.15) is 5.54 Å². The maximum absolute atomic E-state index is 13.0. The van der Waals surface area contributed by atoms with Crippen LogP contribution < -0.4 is 10.7 Å². The zero-order valence-corrected chi connectivity index (χ0v) is 19.7. The molecule has 2 saturated heterocycles. The van der Waals surface area contributed by atoms with E-state index in [4.69, 9.17) is 9.47 Å². The lowest BCUT2D eigenvalue weighted by Crippen LogP contribution is -2.52. The number of hydrazine groups is 1. The average molecular weight is 479 g/mol. The number of hydrogen-bond donors (Lipinski definition) is 2. The van der Waals surface area contributed by atoms with Crippen molar-refractivity contribution in [1.29, 1.82) is 0 Å². The number of hydrogen-bond acceptors (Lipinski definition) is 7. The molecule has 0 aromatic carbocycles. The topological polar surface area (TPSA) is 134 Å². The van der Waals surface area contributed by atoms with Crippen molar-refractivity contribution in [2.24, 2.45) is 11.3 Å². The Hall–Kier alpha value is -2.69. The minimum atomic E-state index is -0.971. The summed E-state index contributed by atoms with van der Waals surface area (Å²) in [7, 11) is 0. The monoisotopic (exact) mass is 478 g/mol. The highest BCUT2D eigenvalue weighted by Gasteiger charge is 2.53. The molecule has 2 aliphatic carbocycles. The number of amides is 5. The van der Waals surface area contributed by atoms with Gasteiger partial charge in [-0.05, 0) is 44.4 Å². The van der Waals surface area contributed by atoms with Gasteiger partial charge in [-0.3, -0.25) is 24.6 Å². The van der Waals surface area contributed by atoms with E-state index in [2.05, 4.69) is 17.7 Å². The van der Waals surface area contributed by atoms with Gasteiger partial charge in [0, 0.05) is 19.5 Å². The average Bonchev–Trinajstić information content (AvgIpc) is 3.40. The van der Waals surface area contributed by atoms with Crippen molar-refractivity contribution in [3.05, 3.63) is 0 Å². The Labute approximate surface area is 198 Å². The first-order chi connectivity index (χ1) is 16.2. The first-order valence-corrected chi connectivity index (χ1v) is 12.2. The van der Waals surface area contributed by atoms with Crippen LogP contribution in [0.25, 0.3) is 0 Å². The first-order valence-electron chi connectivity index (χ1n) is 12.2. The molecule has 4 aliphatic rings. The molecule has 1 spiro atoms. The van der Waals surface area contributed by atoms with Crippen LogP contribution in [0.15, 0.2) is 0 Å². The molecule has 0 aromatic rings. The highest BCUT2D eigenvalue weighted by molar-refractivity contribution is 6.08. The largest absolute Gasteiger partial charge is 0.455 e. The Morgan fingerprint density at radius 3 is 2.38 bits per heavy atom. The van der Waals surface area contributed by atoms with Crippen LogP contribution in [-0.2, 0) is 28.7 Å². The van der Waals surface area contributed by atoms with E-state index in [0.29, 0.717) is 62.9 Å². The summed E-state index contributed by atoms with van der Waals surface area (Å²) in [6.45, 7) is 3.43. The molecule has 34 heavy (non-hydrogen) atoms. The Kier molecular flexibility index (Phi) is 7.11. The summed E-state index contributed by atoms with van der Waals surface area (Å²) in [4.78, 5) is 65.1. The van der Waals surface area contributed by atoms with Crippen LogP contribution in [0.1, 0.15) is 64.7 Å². The summed E-state index contributed by atoms with van der Waals surface area (Å²) in [6, 6.07) is -0.678. The lowest BCUT2D eigenvalue weighted by Gasteiger charge is -2.33. The van der Waals surface area contributed by atoms with Gasteiger partial charge in [-0.15, -0.1) is 0 Å². The van der Waals surface area contributed by atoms with E-state index in [0.717, 1.165) is 25.7 Å². The molecule has 2 heterocycles. The number of urea groups is 1. The quantitative estimate of drug-likeness (QED) is 0.427. The zero-order valence-electron chi connectivity index (χ0n) is 19.7. The second-order valence-corrected chi connectivity index (χ2v) is 10.1. The second-order valence-electron chi connectivity index (χ2n) is 10.1. The van der Waals surface area contributed by atoms with Crippen molar-refractivity contribution < 1.29 is 33.4 Å².